The van der Waals surface area contributed by atoms with Gasteiger partial charge in [-0.25, -0.2) is 0 Å². The molecule has 0 aromatic carbocycles. The van der Waals surface area contributed by atoms with E-state index in [1.54, 1.807) is 0 Å². The van der Waals surface area contributed by atoms with Crippen LogP contribution in [0.2, 0.25) is 0 Å². The van der Waals surface area contributed by atoms with Gasteiger partial charge in [-0.2, -0.15) is 0 Å². The second-order valence-corrected chi connectivity index (χ2v) is 21.0. The number of carbonyl (C=O) groups is 3. The van der Waals surface area contributed by atoms with Crippen molar-refractivity contribution < 1.29 is 28.6 Å². The number of hydrogen-bond donors (Lipinski definition) is 0. The molecule has 0 heterocycles. The number of unbranched alkanes of at least 4 members (excludes halogenated alkanes) is 32. The molecule has 426 valence electrons. The van der Waals surface area contributed by atoms with Gasteiger partial charge in [0.15, 0.2) is 6.10 Å². The monoisotopic (exact) mass is 1030 g/mol. The minimum absolute atomic E-state index is 0.0859. The van der Waals surface area contributed by atoms with E-state index in [0.717, 1.165) is 109 Å². The summed E-state index contributed by atoms with van der Waals surface area (Å²) in [4.78, 5) is 38.2. The maximum absolute atomic E-state index is 12.9. The first-order valence-corrected chi connectivity index (χ1v) is 31.6. The topological polar surface area (TPSA) is 78.9 Å². The van der Waals surface area contributed by atoms with Crippen molar-refractivity contribution in [2.75, 3.05) is 13.2 Å². The Morgan fingerprint density at radius 1 is 0.270 bits per heavy atom. The van der Waals surface area contributed by atoms with Crippen LogP contribution in [0, 0.1) is 0 Å². The third-order valence-corrected chi connectivity index (χ3v) is 13.6. The molecule has 0 fully saturated rings. The fourth-order valence-corrected chi connectivity index (χ4v) is 8.81. The van der Waals surface area contributed by atoms with E-state index in [9.17, 15) is 14.4 Å². The van der Waals surface area contributed by atoms with E-state index in [-0.39, 0.29) is 31.1 Å². The highest BCUT2D eigenvalue weighted by Crippen LogP contribution is 2.15. The number of ether oxygens (including phenoxy) is 3. The molecule has 0 aliphatic carbocycles. The highest BCUT2D eigenvalue weighted by molar-refractivity contribution is 5.71. The van der Waals surface area contributed by atoms with Gasteiger partial charge in [-0.05, 0) is 116 Å². The van der Waals surface area contributed by atoms with Crippen LogP contribution < -0.4 is 0 Å². The molecule has 0 aliphatic heterocycles. The molecule has 0 saturated heterocycles. The summed E-state index contributed by atoms with van der Waals surface area (Å²) in [6.07, 6.45) is 81.6. The van der Waals surface area contributed by atoms with Crippen LogP contribution in [-0.2, 0) is 28.6 Å². The quantitative estimate of drug-likeness (QED) is 0.0261. The van der Waals surface area contributed by atoms with Crippen molar-refractivity contribution in [2.24, 2.45) is 0 Å². The number of esters is 3. The Bertz CT molecular complexity index is 1420. The van der Waals surface area contributed by atoms with Crippen LogP contribution >= 0.6 is 0 Å². The van der Waals surface area contributed by atoms with Gasteiger partial charge in [0, 0.05) is 19.3 Å². The molecule has 0 saturated carbocycles. The fourth-order valence-electron chi connectivity index (χ4n) is 8.81. The summed E-state index contributed by atoms with van der Waals surface area (Å²) in [5.41, 5.74) is 0. The Hall–Kier alpha value is -3.41. The van der Waals surface area contributed by atoms with Crippen LogP contribution in [0.15, 0.2) is 85.1 Å². The van der Waals surface area contributed by atoms with Crippen molar-refractivity contribution in [3.63, 3.8) is 0 Å². The Kier molecular flexibility index (Phi) is 59.3. The average molecular weight is 1030 g/mol. The van der Waals surface area contributed by atoms with Crippen LogP contribution in [0.4, 0.5) is 0 Å². The van der Waals surface area contributed by atoms with Gasteiger partial charge in [0.2, 0.25) is 0 Å². The van der Waals surface area contributed by atoms with E-state index >= 15 is 0 Å². The third kappa shape index (κ3) is 59.5. The molecule has 0 aromatic heterocycles. The van der Waals surface area contributed by atoms with Crippen LogP contribution in [0.25, 0.3) is 0 Å². The lowest BCUT2D eigenvalue weighted by Crippen LogP contribution is -2.30. The van der Waals surface area contributed by atoms with Gasteiger partial charge in [-0.15, -0.1) is 0 Å². The second-order valence-electron chi connectivity index (χ2n) is 21.0. The molecule has 6 nitrogen and oxygen atoms in total. The molecular weight excluding hydrogens is 913 g/mol. The second kappa shape index (κ2) is 62.1. The van der Waals surface area contributed by atoms with E-state index in [4.69, 9.17) is 14.2 Å². The van der Waals surface area contributed by atoms with E-state index in [0.29, 0.717) is 19.3 Å². The van der Waals surface area contributed by atoms with Crippen molar-refractivity contribution >= 4 is 17.9 Å². The van der Waals surface area contributed by atoms with Crippen LogP contribution in [0.3, 0.4) is 0 Å². The van der Waals surface area contributed by atoms with Crippen molar-refractivity contribution in [3.05, 3.63) is 85.1 Å². The van der Waals surface area contributed by atoms with E-state index < -0.39 is 6.10 Å². The fraction of sp³-hybridized carbons (Fsp3) is 0.750. The zero-order valence-corrected chi connectivity index (χ0v) is 48.8. The normalized spacial score (nSPS) is 12.6. The van der Waals surface area contributed by atoms with Crippen LogP contribution in [0.5, 0.6) is 0 Å². The summed E-state index contributed by atoms with van der Waals surface area (Å²) in [5, 5.41) is 0. The highest BCUT2D eigenvalue weighted by Gasteiger charge is 2.19. The van der Waals surface area contributed by atoms with Crippen molar-refractivity contribution in [1.29, 1.82) is 0 Å². The standard InChI is InChI=1S/C68H118O6/c1-4-7-10-13-16-19-22-24-26-28-30-32-34-36-38-40-42-44-46-49-52-55-58-61-67(70)73-64-65(63-72-66(69)60-57-54-51-48-21-18-15-12-9-6-3)74-68(71)62-59-56-53-50-47-45-43-41-39-37-35-33-31-29-27-25-23-20-17-14-11-8-5-2/h12,15,22-25,28-31,34-37,65H,4-11,13-14,16-21,26-27,32-33,38-64H2,1-3H3/b15-12-,24-22-,25-23-,30-28-,31-29-,36-34-,37-35-. The summed E-state index contributed by atoms with van der Waals surface area (Å²) in [6, 6.07) is 0. The van der Waals surface area contributed by atoms with E-state index in [1.165, 1.54) is 161 Å². The molecule has 1 unspecified atom stereocenters. The van der Waals surface area contributed by atoms with Crippen molar-refractivity contribution in [2.45, 2.75) is 316 Å². The minimum Gasteiger partial charge on any atom is -0.462 e. The third-order valence-electron chi connectivity index (χ3n) is 13.6. The molecule has 0 rings (SSSR count). The van der Waals surface area contributed by atoms with E-state index in [1.807, 2.05) is 0 Å². The molecular formula is C68H118O6. The van der Waals surface area contributed by atoms with Gasteiger partial charge in [0.1, 0.15) is 13.2 Å². The first kappa shape index (κ1) is 70.6. The van der Waals surface area contributed by atoms with Crippen molar-refractivity contribution in [3.8, 4) is 0 Å². The van der Waals surface area contributed by atoms with Crippen LogP contribution in [0.1, 0.15) is 310 Å². The SMILES string of the molecule is CCC/C=C\CCCCCCCC(=O)OCC(COC(=O)CCCCCCCCCC/C=C\C/C=C\C/C=C\CCCCCCC)OC(=O)CCCCCCCCCC/C=C\C/C=C\C/C=C\CCCCCCC. The molecule has 0 amide bonds. The van der Waals surface area contributed by atoms with Gasteiger partial charge in [0.25, 0.3) is 0 Å². The predicted molar refractivity (Wildman–Crippen MR) is 321 cm³/mol. The Morgan fingerprint density at radius 2 is 0.514 bits per heavy atom. The molecule has 0 spiro atoms. The molecule has 0 bridgehead atoms. The zero-order chi connectivity index (χ0) is 53.6. The largest absolute Gasteiger partial charge is 0.462 e. The molecule has 0 N–H and O–H groups in total. The van der Waals surface area contributed by atoms with Gasteiger partial charge >= 0.3 is 17.9 Å². The van der Waals surface area contributed by atoms with Crippen molar-refractivity contribution in [1.82, 2.24) is 0 Å². The maximum Gasteiger partial charge on any atom is 0.306 e. The lowest BCUT2D eigenvalue weighted by molar-refractivity contribution is -0.167. The van der Waals surface area contributed by atoms with Gasteiger partial charge < -0.3 is 14.2 Å². The molecule has 0 radical (unpaired) electrons. The molecule has 0 aromatic rings. The Labute approximate surface area is 458 Å². The van der Waals surface area contributed by atoms with Gasteiger partial charge in [-0.1, -0.05) is 260 Å². The zero-order valence-electron chi connectivity index (χ0n) is 48.8. The lowest BCUT2D eigenvalue weighted by atomic mass is 10.1. The van der Waals surface area contributed by atoms with Gasteiger partial charge in [0.05, 0.1) is 0 Å². The summed E-state index contributed by atoms with van der Waals surface area (Å²) < 4.78 is 16.9. The summed E-state index contributed by atoms with van der Waals surface area (Å²) in [7, 11) is 0. The summed E-state index contributed by atoms with van der Waals surface area (Å²) >= 11 is 0. The maximum atomic E-state index is 12.9. The smallest absolute Gasteiger partial charge is 0.306 e. The molecule has 1 atom stereocenters. The summed E-state index contributed by atoms with van der Waals surface area (Å²) in [6.45, 7) is 6.56. The predicted octanol–water partition coefficient (Wildman–Crippen LogP) is 21.5. The Balaban J connectivity index is 4.30. The summed E-state index contributed by atoms with van der Waals surface area (Å²) in [5.74, 6) is -0.902. The molecule has 6 heteroatoms. The number of carbonyl (C=O) groups excluding carboxylic acids is 3. The average Bonchev–Trinajstić information content (AvgIpc) is 3.40. The Morgan fingerprint density at radius 3 is 0.824 bits per heavy atom. The first-order chi connectivity index (χ1) is 36.5. The minimum atomic E-state index is -0.788. The number of rotatable bonds is 57. The molecule has 74 heavy (non-hydrogen) atoms. The lowest BCUT2D eigenvalue weighted by Gasteiger charge is -2.18. The van der Waals surface area contributed by atoms with Crippen LogP contribution in [-0.4, -0.2) is 37.2 Å². The van der Waals surface area contributed by atoms with Gasteiger partial charge in [-0.3, -0.25) is 14.4 Å². The van der Waals surface area contributed by atoms with E-state index in [2.05, 4.69) is 106 Å². The highest BCUT2D eigenvalue weighted by atomic mass is 16.6. The molecule has 0 aliphatic rings. The first-order valence-electron chi connectivity index (χ1n) is 31.6. The number of allylic oxidation sites excluding steroid dienone is 14. The number of hydrogen-bond acceptors (Lipinski definition) is 6.